The number of anilines is 1. The predicted octanol–water partition coefficient (Wildman–Crippen LogP) is 2.41. The molecule has 0 radical (unpaired) electrons. The minimum Gasteiger partial charge on any atom is -0.361 e. The normalized spacial score (nSPS) is 9.42. The molecular weight excluding hydrogens is 168 g/mol. The van der Waals surface area contributed by atoms with Gasteiger partial charge >= 0.3 is 0 Å². The Labute approximate surface area is 76.9 Å². The molecule has 1 aromatic heterocycles. The first kappa shape index (κ1) is 9.00. The van der Waals surface area contributed by atoms with Crippen LogP contribution in [-0.2, 0) is 0 Å². The molecular formula is C9H12N2S. The Balaban J connectivity index is 2.84. The summed E-state index contributed by atoms with van der Waals surface area (Å²) < 4.78 is 0. The first-order chi connectivity index (χ1) is 5.79. The second kappa shape index (κ2) is 4.07. The Kier molecular flexibility index (Phi) is 3.05. The lowest BCUT2D eigenvalue weighted by atomic mass is 10.4. The number of hydrogen-bond acceptors (Lipinski definition) is 3. The van der Waals surface area contributed by atoms with Crippen LogP contribution in [0.25, 0.3) is 6.08 Å². The van der Waals surface area contributed by atoms with E-state index in [4.69, 9.17) is 0 Å². The van der Waals surface area contributed by atoms with E-state index in [2.05, 4.69) is 23.0 Å². The molecule has 1 rings (SSSR count). The zero-order valence-corrected chi connectivity index (χ0v) is 7.97. The maximum absolute atomic E-state index is 4.16. The molecule has 0 aromatic carbocycles. The van der Waals surface area contributed by atoms with Crippen molar-refractivity contribution in [2.24, 2.45) is 0 Å². The fourth-order valence-corrected chi connectivity index (χ4v) is 1.73. The highest BCUT2D eigenvalue weighted by atomic mass is 32.1. The van der Waals surface area contributed by atoms with Gasteiger partial charge in [0.15, 0.2) is 0 Å². The Morgan fingerprint density at radius 3 is 3.00 bits per heavy atom. The van der Waals surface area contributed by atoms with Crippen molar-refractivity contribution in [2.75, 3.05) is 18.5 Å². The van der Waals surface area contributed by atoms with E-state index in [1.807, 2.05) is 18.6 Å². The van der Waals surface area contributed by atoms with Gasteiger partial charge in [0.2, 0.25) is 0 Å². The molecule has 0 aliphatic carbocycles. The summed E-state index contributed by atoms with van der Waals surface area (Å²) >= 11 is 1.62. The van der Waals surface area contributed by atoms with Crippen LogP contribution < -0.4 is 4.90 Å². The summed E-state index contributed by atoms with van der Waals surface area (Å²) in [7, 11) is 2.02. The molecule has 0 unspecified atom stereocenters. The molecule has 0 fully saturated rings. The van der Waals surface area contributed by atoms with Gasteiger partial charge in [0.25, 0.3) is 0 Å². The van der Waals surface area contributed by atoms with Crippen LogP contribution in [0.5, 0.6) is 0 Å². The second-order valence-corrected chi connectivity index (χ2v) is 3.25. The fourth-order valence-electron chi connectivity index (χ4n) is 0.951. The predicted molar refractivity (Wildman–Crippen MR) is 55.7 cm³/mol. The standard InChI is InChI=1S/C9H12N2S/c1-4-6-11(3)9-8(5-2)10-7-12-9/h4-5,7H,1-2,6H2,3H3. The largest absolute Gasteiger partial charge is 0.361 e. The Morgan fingerprint density at radius 1 is 1.67 bits per heavy atom. The summed E-state index contributed by atoms with van der Waals surface area (Å²) in [4.78, 5) is 6.26. The van der Waals surface area contributed by atoms with Gasteiger partial charge in [-0.15, -0.1) is 17.9 Å². The van der Waals surface area contributed by atoms with Crippen LogP contribution in [0, 0.1) is 0 Å². The van der Waals surface area contributed by atoms with Crippen LogP contribution in [0.1, 0.15) is 5.69 Å². The zero-order chi connectivity index (χ0) is 8.97. The molecule has 1 heterocycles. The van der Waals surface area contributed by atoms with E-state index in [1.54, 1.807) is 17.4 Å². The summed E-state index contributed by atoms with van der Waals surface area (Å²) in [6.07, 6.45) is 3.64. The highest BCUT2D eigenvalue weighted by molar-refractivity contribution is 7.14. The molecule has 0 saturated heterocycles. The van der Waals surface area contributed by atoms with Gasteiger partial charge < -0.3 is 4.90 Å². The smallest absolute Gasteiger partial charge is 0.119 e. The van der Waals surface area contributed by atoms with Gasteiger partial charge in [-0.2, -0.15) is 0 Å². The van der Waals surface area contributed by atoms with Crippen LogP contribution in [0.3, 0.4) is 0 Å². The van der Waals surface area contributed by atoms with E-state index in [0.717, 1.165) is 17.2 Å². The second-order valence-electron chi connectivity index (χ2n) is 2.42. The molecule has 0 spiro atoms. The van der Waals surface area contributed by atoms with Gasteiger partial charge in [-0.25, -0.2) is 4.98 Å². The minimum atomic E-state index is 0.836. The molecule has 0 bridgehead atoms. The maximum atomic E-state index is 4.16. The number of rotatable bonds is 4. The van der Waals surface area contributed by atoms with Crippen molar-refractivity contribution >= 4 is 22.4 Å². The fraction of sp³-hybridized carbons (Fsp3) is 0.222. The first-order valence-electron chi connectivity index (χ1n) is 3.67. The van der Waals surface area contributed by atoms with Crippen LogP contribution in [0.2, 0.25) is 0 Å². The van der Waals surface area contributed by atoms with Crippen molar-refractivity contribution in [3.8, 4) is 0 Å². The van der Waals surface area contributed by atoms with E-state index in [-0.39, 0.29) is 0 Å². The van der Waals surface area contributed by atoms with Crippen LogP contribution in [0.15, 0.2) is 24.7 Å². The van der Waals surface area contributed by atoms with Crippen molar-refractivity contribution in [3.05, 3.63) is 30.4 Å². The van der Waals surface area contributed by atoms with Gasteiger partial charge in [-0.05, 0) is 6.08 Å². The highest BCUT2D eigenvalue weighted by Crippen LogP contribution is 2.24. The average Bonchev–Trinajstić information content (AvgIpc) is 2.51. The Morgan fingerprint density at radius 2 is 2.42 bits per heavy atom. The third kappa shape index (κ3) is 1.74. The number of likely N-dealkylation sites (N-methyl/N-ethyl adjacent to an activating group) is 1. The van der Waals surface area contributed by atoms with Gasteiger partial charge in [0, 0.05) is 13.6 Å². The van der Waals surface area contributed by atoms with Gasteiger partial charge in [0.1, 0.15) is 5.00 Å². The number of aromatic nitrogens is 1. The van der Waals surface area contributed by atoms with Crippen molar-refractivity contribution in [2.45, 2.75) is 0 Å². The zero-order valence-electron chi connectivity index (χ0n) is 7.16. The highest BCUT2D eigenvalue weighted by Gasteiger charge is 2.05. The van der Waals surface area contributed by atoms with Crippen molar-refractivity contribution in [1.82, 2.24) is 4.98 Å². The summed E-state index contributed by atoms with van der Waals surface area (Å²) in [6, 6.07) is 0. The Hall–Kier alpha value is -1.09. The van der Waals surface area contributed by atoms with E-state index < -0.39 is 0 Å². The molecule has 0 aliphatic rings. The molecule has 0 aliphatic heterocycles. The lowest BCUT2D eigenvalue weighted by molar-refractivity contribution is 1.04. The summed E-state index contributed by atoms with van der Waals surface area (Å²) in [5.74, 6) is 0. The summed E-state index contributed by atoms with van der Waals surface area (Å²) in [5.41, 5.74) is 2.77. The monoisotopic (exact) mass is 180 g/mol. The summed E-state index contributed by atoms with van der Waals surface area (Å²) in [5, 5.41) is 1.14. The van der Waals surface area contributed by atoms with Crippen LogP contribution in [0.4, 0.5) is 5.00 Å². The SMILES string of the molecule is C=CCN(C)c1scnc1C=C. The average molecular weight is 180 g/mol. The molecule has 64 valence electrons. The number of thiazole rings is 1. The van der Waals surface area contributed by atoms with Gasteiger partial charge in [0.05, 0.1) is 11.2 Å². The summed E-state index contributed by atoms with van der Waals surface area (Å²) in [6.45, 7) is 8.22. The van der Waals surface area contributed by atoms with E-state index in [0.29, 0.717) is 0 Å². The molecule has 0 N–H and O–H groups in total. The minimum absolute atomic E-state index is 0.836. The number of hydrogen-bond donors (Lipinski definition) is 0. The van der Waals surface area contributed by atoms with Gasteiger partial charge in [-0.3, -0.25) is 0 Å². The number of nitrogens with zero attached hydrogens (tertiary/aromatic N) is 2. The lowest BCUT2D eigenvalue weighted by Gasteiger charge is -2.14. The molecule has 0 amide bonds. The molecule has 1 aromatic rings. The first-order valence-corrected chi connectivity index (χ1v) is 4.55. The van der Waals surface area contributed by atoms with Gasteiger partial charge in [-0.1, -0.05) is 12.7 Å². The van der Waals surface area contributed by atoms with E-state index in [9.17, 15) is 0 Å². The molecule has 12 heavy (non-hydrogen) atoms. The Bertz CT molecular complexity index is 278. The maximum Gasteiger partial charge on any atom is 0.119 e. The lowest BCUT2D eigenvalue weighted by Crippen LogP contribution is -2.15. The third-order valence-corrected chi connectivity index (χ3v) is 2.47. The van der Waals surface area contributed by atoms with E-state index in [1.165, 1.54) is 0 Å². The third-order valence-electron chi connectivity index (χ3n) is 1.52. The van der Waals surface area contributed by atoms with Crippen molar-refractivity contribution in [3.63, 3.8) is 0 Å². The molecule has 0 saturated carbocycles. The molecule has 3 heteroatoms. The topological polar surface area (TPSA) is 16.1 Å². The molecule has 0 atom stereocenters. The van der Waals surface area contributed by atoms with Crippen LogP contribution in [-0.4, -0.2) is 18.6 Å². The molecule has 2 nitrogen and oxygen atoms in total. The van der Waals surface area contributed by atoms with Crippen LogP contribution >= 0.6 is 11.3 Å². The van der Waals surface area contributed by atoms with E-state index >= 15 is 0 Å². The van der Waals surface area contributed by atoms with Crippen molar-refractivity contribution < 1.29 is 0 Å². The quantitative estimate of drug-likeness (QED) is 0.661. The van der Waals surface area contributed by atoms with Crippen molar-refractivity contribution in [1.29, 1.82) is 0 Å².